The van der Waals surface area contributed by atoms with E-state index in [1.165, 1.54) is 19.3 Å². The Morgan fingerprint density at radius 1 is 1.41 bits per heavy atom. The van der Waals surface area contributed by atoms with Gasteiger partial charge in [0.15, 0.2) is 0 Å². The molecule has 0 spiro atoms. The molecule has 0 amide bonds. The van der Waals surface area contributed by atoms with Crippen LogP contribution in [0.3, 0.4) is 0 Å². The number of nitrogens with zero attached hydrogens (tertiary/aromatic N) is 4. The quantitative estimate of drug-likeness (QED) is 0.689. The summed E-state index contributed by atoms with van der Waals surface area (Å²) < 4.78 is 6.96. The van der Waals surface area contributed by atoms with E-state index < -0.39 is 0 Å². The van der Waals surface area contributed by atoms with Gasteiger partial charge in [0.1, 0.15) is 22.3 Å². The molecular weight excluding hydrogens is 362 g/mol. The molecule has 0 bridgehead atoms. The minimum atomic E-state index is 0.683. The number of nitrogens with one attached hydrogen (secondary N) is 1. The van der Waals surface area contributed by atoms with E-state index in [0.717, 1.165) is 61.4 Å². The summed E-state index contributed by atoms with van der Waals surface area (Å²) in [6.07, 6.45) is 3.76. The molecule has 7 heteroatoms. The van der Waals surface area contributed by atoms with Crippen molar-refractivity contribution in [3.05, 3.63) is 22.5 Å². The van der Waals surface area contributed by atoms with Crippen LogP contribution in [0.5, 0.6) is 0 Å². The third-order valence-corrected chi connectivity index (χ3v) is 5.73. The lowest BCUT2D eigenvalue weighted by atomic mass is 9.97. The summed E-state index contributed by atoms with van der Waals surface area (Å²) in [6.45, 7) is 11.6. The highest BCUT2D eigenvalue weighted by molar-refractivity contribution is 6.30. The highest BCUT2D eigenvalue weighted by Crippen LogP contribution is 2.30. The predicted octanol–water partition coefficient (Wildman–Crippen LogP) is 3.88. The second-order valence-electron chi connectivity index (χ2n) is 8.19. The van der Waals surface area contributed by atoms with Crippen molar-refractivity contribution in [1.29, 1.82) is 0 Å². The first-order valence-electron chi connectivity index (χ1n) is 10.0. The molecule has 150 valence electrons. The first-order valence-corrected chi connectivity index (χ1v) is 10.4. The van der Waals surface area contributed by atoms with Crippen molar-refractivity contribution in [3.63, 3.8) is 0 Å². The summed E-state index contributed by atoms with van der Waals surface area (Å²) in [4.78, 5) is 2.50. The summed E-state index contributed by atoms with van der Waals surface area (Å²) in [5.74, 6) is 2.23. The van der Waals surface area contributed by atoms with Gasteiger partial charge in [-0.05, 0) is 57.7 Å². The van der Waals surface area contributed by atoms with E-state index in [9.17, 15) is 0 Å². The van der Waals surface area contributed by atoms with E-state index in [4.69, 9.17) is 16.1 Å². The minimum absolute atomic E-state index is 0.683. The summed E-state index contributed by atoms with van der Waals surface area (Å²) in [7, 11) is 1.87. The number of aromatic nitrogens is 3. The van der Waals surface area contributed by atoms with E-state index in [1.54, 1.807) is 4.68 Å². The van der Waals surface area contributed by atoms with Crippen LogP contribution in [0.2, 0.25) is 5.15 Å². The zero-order valence-corrected chi connectivity index (χ0v) is 17.7. The highest BCUT2D eigenvalue weighted by atomic mass is 35.5. The standard InChI is InChI=1S/C20H32ClN5O/c1-14(2)7-8-22-11-16-6-5-9-26(12-16)13-17-19(23-25(4)20(17)21)18-10-15(3)27-24-18/h10,14,16,22H,5-9,11-13H2,1-4H3. The van der Waals surface area contributed by atoms with E-state index in [1.807, 2.05) is 20.0 Å². The first kappa shape index (κ1) is 20.4. The van der Waals surface area contributed by atoms with Crippen molar-refractivity contribution in [2.75, 3.05) is 26.2 Å². The van der Waals surface area contributed by atoms with Crippen LogP contribution in [0.4, 0.5) is 0 Å². The van der Waals surface area contributed by atoms with Gasteiger partial charge in [-0.15, -0.1) is 0 Å². The molecule has 1 aliphatic heterocycles. The van der Waals surface area contributed by atoms with Crippen molar-refractivity contribution in [2.24, 2.45) is 18.9 Å². The average molecular weight is 394 g/mol. The summed E-state index contributed by atoms with van der Waals surface area (Å²) in [5.41, 5.74) is 2.63. The van der Waals surface area contributed by atoms with Crippen LogP contribution in [0.1, 0.15) is 44.4 Å². The zero-order valence-electron chi connectivity index (χ0n) is 17.0. The third kappa shape index (κ3) is 5.33. The summed E-state index contributed by atoms with van der Waals surface area (Å²) in [6, 6.07) is 1.92. The van der Waals surface area contributed by atoms with Crippen molar-refractivity contribution in [1.82, 2.24) is 25.2 Å². The molecule has 1 fully saturated rings. The molecule has 1 aliphatic rings. The Labute approximate surface area is 167 Å². The van der Waals surface area contributed by atoms with Gasteiger partial charge in [-0.1, -0.05) is 30.6 Å². The Morgan fingerprint density at radius 3 is 2.93 bits per heavy atom. The van der Waals surface area contributed by atoms with Crippen molar-refractivity contribution >= 4 is 11.6 Å². The summed E-state index contributed by atoms with van der Waals surface area (Å²) >= 11 is 6.56. The third-order valence-electron chi connectivity index (χ3n) is 5.26. The molecule has 0 radical (unpaired) electrons. The normalized spacial score (nSPS) is 18.5. The number of rotatable bonds is 8. The number of halogens is 1. The van der Waals surface area contributed by atoms with Crippen LogP contribution >= 0.6 is 11.6 Å². The van der Waals surface area contributed by atoms with E-state index in [2.05, 4.69) is 34.3 Å². The van der Waals surface area contributed by atoms with Gasteiger partial charge in [-0.25, -0.2) is 0 Å². The van der Waals surface area contributed by atoms with Crippen LogP contribution in [-0.2, 0) is 13.6 Å². The lowest BCUT2D eigenvalue weighted by Gasteiger charge is -2.33. The van der Waals surface area contributed by atoms with Gasteiger partial charge in [-0.3, -0.25) is 9.58 Å². The molecule has 1 saturated heterocycles. The number of hydrogen-bond donors (Lipinski definition) is 1. The number of hydrogen-bond acceptors (Lipinski definition) is 5. The van der Waals surface area contributed by atoms with Crippen molar-refractivity contribution in [2.45, 2.75) is 46.6 Å². The second kappa shape index (κ2) is 9.22. The molecule has 3 heterocycles. The molecular formula is C20H32ClN5O. The van der Waals surface area contributed by atoms with Crippen molar-refractivity contribution in [3.8, 4) is 11.4 Å². The molecule has 2 aromatic rings. The Balaban J connectivity index is 1.63. The van der Waals surface area contributed by atoms with Gasteiger partial charge in [0.2, 0.25) is 0 Å². The van der Waals surface area contributed by atoms with Gasteiger partial charge >= 0.3 is 0 Å². The number of aryl methyl sites for hydroxylation is 2. The van der Waals surface area contributed by atoms with Crippen LogP contribution < -0.4 is 5.32 Å². The minimum Gasteiger partial charge on any atom is -0.361 e. The molecule has 0 aliphatic carbocycles. The molecule has 2 aromatic heterocycles. The predicted molar refractivity (Wildman–Crippen MR) is 109 cm³/mol. The average Bonchev–Trinajstić information content (AvgIpc) is 3.17. The van der Waals surface area contributed by atoms with Gasteiger partial charge in [0.05, 0.1) is 0 Å². The van der Waals surface area contributed by atoms with E-state index in [0.29, 0.717) is 11.1 Å². The Hall–Kier alpha value is -1.37. The number of piperidine rings is 1. The van der Waals surface area contributed by atoms with Crippen molar-refractivity contribution < 1.29 is 4.52 Å². The maximum absolute atomic E-state index is 6.56. The zero-order chi connectivity index (χ0) is 19.4. The lowest BCUT2D eigenvalue weighted by molar-refractivity contribution is 0.165. The molecule has 6 nitrogen and oxygen atoms in total. The molecule has 1 unspecified atom stereocenters. The first-order chi connectivity index (χ1) is 12.9. The lowest BCUT2D eigenvalue weighted by Crippen LogP contribution is -2.39. The topological polar surface area (TPSA) is 59.1 Å². The Bertz CT molecular complexity index is 739. The fourth-order valence-electron chi connectivity index (χ4n) is 3.75. The molecule has 1 N–H and O–H groups in total. The fraction of sp³-hybridized carbons (Fsp3) is 0.700. The Kier molecular flexibility index (Phi) is 6.95. The molecule has 27 heavy (non-hydrogen) atoms. The Morgan fingerprint density at radius 2 is 2.22 bits per heavy atom. The molecule has 0 aromatic carbocycles. The van der Waals surface area contributed by atoms with Crippen LogP contribution in [0.15, 0.2) is 10.6 Å². The van der Waals surface area contributed by atoms with Crippen LogP contribution in [0, 0.1) is 18.8 Å². The summed E-state index contributed by atoms with van der Waals surface area (Å²) in [5, 5.41) is 13.0. The maximum atomic E-state index is 6.56. The molecule has 3 rings (SSSR count). The van der Waals surface area contributed by atoms with Gasteiger partial charge in [0.25, 0.3) is 0 Å². The van der Waals surface area contributed by atoms with Crippen LogP contribution in [0.25, 0.3) is 11.4 Å². The van der Waals surface area contributed by atoms with Gasteiger partial charge < -0.3 is 9.84 Å². The molecule has 1 atom stereocenters. The van der Waals surface area contributed by atoms with Gasteiger partial charge in [0, 0.05) is 31.8 Å². The second-order valence-corrected chi connectivity index (χ2v) is 8.55. The van der Waals surface area contributed by atoms with E-state index >= 15 is 0 Å². The smallest absolute Gasteiger partial charge is 0.134 e. The number of likely N-dealkylation sites (tertiary alicyclic amines) is 1. The molecule has 0 saturated carbocycles. The fourth-order valence-corrected chi connectivity index (χ4v) is 3.94. The largest absolute Gasteiger partial charge is 0.361 e. The SMILES string of the molecule is Cc1cc(-c2nn(C)c(Cl)c2CN2CCCC(CNCCC(C)C)C2)no1. The van der Waals surface area contributed by atoms with Crippen LogP contribution in [-0.4, -0.2) is 46.0 Å². The maximum Gasteiger partial charge on any atom is 0.134 e. The van der Waals surface area contributed by atoms with Gasteiger partial charge in [-0.2, -0.15) is 5.10 Å². The van der Waals surface area contributed by atoms with E-state index in [-0.39, 0.29) is 0 Å². The monoisotopic (exact) mass is 393 g/mol. The highest BCUT2D eigenvalue weighted by Gasteiger charge is 2.25.